The summed E-state index contributed by atoms with van der Waals surface area (Å²) in [6.07, 6.45) is 1.86. The quantitative estimate of drug-likeness (QED) is 0.467. The fourth-order valence-corrected chi connectivity index (χ4v) is 4.35. The topological polar surface area (TPSA) is 22.6 Å². The summed E-state index contributed by atoms with van der Waals surface area (Å²) in [7, 11) is 0. The Kier molecular flexibility index (Phi) is 7.74. The van der Waals surface area contributed by atoms with Crippen molar-refractivity contribution in [3.8, 4) is 0 Å². The molecule has 0 N–H and O–H groups in total. The Morgan fingerprint density at radius 3 is 2.31 bits per heavy atom. The molecule has 0 aliphatic carbocycles. The van der Waals surface area contributed by atoms with Gasteiger partial charge in [0.05, 0.1) is 0 Å². The van der Waals surface area contributed by atoms with Gasteiger partial charge >= 0.3 is 0 Å². The van der Waals surface area contributed by atoms with Crippen LogP contribution in [0.15, 0.2) is 66.9 Å². The first-order valence-corrected chi connectivity index (χ1v) is 11.6. The first-order chi connectivity index (χ1) is 15.6. The molecule has 0 saturated carbocycles. The van der Waals surface area contributed by atoms with Crippen LogP contribution in [0.5, 0.6) is 0 Å². The fraction of sp³-hybridized carbons (Fsp3) is 0.346. The summed E-state index contributed by atoms with van der Waals surface area (Å²) in [5.74, 6) is 0.822. The van der Waals surface area contributed by atoms with Gasteiger partial charge in [0, 0.05) is 62.6 Å². The smallest absolute Gasteiger partial charge is 0.129 e. The summed E-state index contributed by atoms with van der Waals surface area (Å²) in [5, 5.41) is 0.488. The lowest BCUT2D eigenvalue weighted by Gasteiger charge is -2.35. The van der Waals surface area contributed by atoms with E-state index in [0.717, 1.165) is 51.6 Å². The predicted octanol–water partition coefficient (Wildman–Crippen LogP) is 5.22. The Balaban J connectivity index is 1.29. The highest BCUT2D eigenvalue weighted by atomic mass is 35.5. The van der Waals surface area contributed by atoms with E-state index in [2.05, 4.69) is 56.9 Å². The largest absolute Gasteiger partial charge is 0.354 e. The van der Waals surface area contributed by atoms with Crippen molar-refractivity contribution in [1.29, 1.82) is 0 Å². The Labute approximate surface area is 195 Å². The van der Waals surface area contributed by atoms with Gasteiger partial charge in [-0.1, -0.05) is 54.9 Å². The molecule has 0 atom stereocenters. The summed E-state index contributed by atoms with van der Waals surface area (Å²) < 4.78 is 14.2. The Morgan fingerprint density at radius 2 is 1.66 bits per heavy atom. The van der Waals surface area contributed by atoms with Gasteiger partial charge in [0.1, 0.15) is 11.6 Å². The molecule has 1 aliphatic heterocycles. The predicted molar refractivity (Wildman–Crippen MR) is 129 cm³/mol. The van der Waals surface area contributed by atoms with E-state index in [1.807, 2.05) is 18.3 Å². The van der Waals surface area contributed by atoms with Crippen molar-refractivity contribution in [2.24, 2.45) is 0 Å². The molecule has 4 nitrogen and oxygen atoms in total. The lowest BCUT2D eigenvalue weighted by atomic mass is 10.1. The number of anilines is 1. The average molecular weight is 453 g/mol. The van der Waals surface area contributed by atoms with Gasteiger partial charge in [-0.05, 0) is 41.9 Å². The van der Waals surface area contributed by atoms with Crippen LogP contribution >= 0.6 is 11.6 Å². The van der Waals surface area contributed by atoms with Gasteiger partial charge in [0.15, 0.2) is 0 Å². The molecule has 1 aliphatic rings. The number of benzene rings is 2. The molecule has 168 valence electrons. The van der Waals surface area contributed by atoms with Crippen LogP contribution in [0.2, 0.25) is 5.02 Å². The molecule has 3 aromatic rings. The minimum absolute atomic E-state index is 0.241. The van der Waals surface area contributed by atoms with Gasteiger partial charge in [0.2, 0.25) is 0 Å². The normalized spacial score (nSPS) is 14.8. The monoisotopic (exact) mass is 452 g/mol. The van der Waals surface area contributed by atoms with Crippen LogP contribution in [0.3, 0.4) is 0 Å². The highest BCUT2D eigenvalue weighted by molar-refractivity contribution is 6.31. The number of halogens is 2. The average Bonchev–Trinajstić information content (AvgIpc) is 2.83. The standard InChI is InChI=1S/C26H30ClFN4/c1-2-30(20-23-24(27)6-5-7-25(23)28)18-21-9-11-22(12-10-21)19-31-14-16-32(17-15-31)26-8-3-4-13-29-26/h3-13H,2,14-20H2,1H3. The van der Waals surface area contributed by atoms with Crippen molar-refractivity contribution < 1.29 is 4.39 Å². The molecule has 6 heteroatoms. The summed E-state index contributed by atoms with van der Waals surface area (Å²) in [4.78, 5) is 11.5. The number of nitrogens with zero attached hydrogens (tertiary/aromatic N) is 4. The third-order valence-corrected chi connectivity index (χ3v) is 6.43. The molecular formula is C26H30ClFN4. The van der Waals surface area contributed by atoms with Crippen molar-refractivity contribution >= 4 is 17.4 Å². The minimum Gasteiger partial charge on any atom is -0.354 e. The van der Waals surface area contributed by atoms with E-state index in [-0.39, 0.29) is 5.82 Å². The molecule has 32 heavy (non-hydrogen) atoms. The van der Waals surface area contributed by atoms with Gasteiger partial charge in [-0.25, -0.2) is 9.37 Å². The van der Waals surface area contributed by atoms with E-state index in [4.69, 9.17) is 11.6 Å². The number of hydrogen-bond acceptors (Lipinski definition) is 4. The van der Waals surface area contributed by atoms with Crippen molar-refractivity contribution in [3.05, 3.63) is 94.4 Å². The van der Waals surface area contributed by atoms with Crippen molar-refractivity contribution in [1.82, 2.24) is 14.8 Å². The molecule has 0 spiro atoms. The third-order valence-electron chi connectivity index (χ3n) is 6.07. The summed E-state index contributed by atoms with van der Waals surface area (Å²) >= 11 is 6.21. The highest BCUT2D eigenvalue weighted by Crippen LogP contribution is 2.22. The van der Waals surface area contributed by atoms with E-state index in [9.17, 15) is 4.39 Å². The van der Waals surface area contributed by atoms with Crippen molar-refractivity contribution in [2.75, 3.05) is 37.6 Å². The fourth-order valence-electron chi connectivity index (χ4n) is 4.13. The Bertz CT molecular complexity index is 968. The van der Waals surface area contributed by atoms with E-state index >= 15 is 0 Å². The van der Waals surface area contributed by atoms with E-state index < -0.39 is 0 Å². The third kappa shape index (κ3) is 5.85. The minimum atomic E-state index is -0.241. The van der Waals surface area contributed by atoms with E-state index in [1.54, 1.807) is 12.1 Å². The second kappa shape index (κ2) is 10.9. The van der Waals surface area contributed by atoms with Crippen LogP contribution in [-0.2, 0) is 19.6 Å². The molecule has 2 heterocycles. The van der Waals surface area contributed by atoms with Crippen LogP contribution < -0.4 is 4.90 Å². The van der Waals surface area contributed by atoms with Crippen LogP contribution in [0.25, 0.3) is 0 Å². The molecule has 0 radical (unpaired) electrons. The summed E-state index contributed by atoms with van der Waals surface area (Å²) in [5.41, 5.74) is 3.11. The summed E-state index contributed by atoms with van der Waals surface area (Å²) in [6, 6.07) is 19.7. The summed E-state index contributed by atoms with van der Waals surface area (Å²) in [6.45, 7) is 9.21. The highest BCUT2D eigenvalue weighted by Gasteiger charge is 2.18. The maximum absolute atomic E-state index is 14.2. The molecule has 0 unspecified atom stereocenters. The van der Waals surface area contributed by atoms with Gasteiger partial charge in [0.25, 0.3) is 0 Å². The zero-order valence-electron chi connectivity index (χ0n) is 18.6. The second-order valence-corrected chi connectivity index (χ2v) is 8.68. The lowest BCUT2D eigenvalue weighted by molar-refractivity contribution is 0.249. The number of pyridine rings is 1. The SMILES string of the molecule is CCN(Cc1ccc(CN2CCN(c3ccccn3)CC2)cc1)Cc1c(F)cccc1Cl. The van der Waals surface area contributed by atoms with Crippen molar-refractivity contribution in [2.45, 2.75) is 26.6 Å². The van der Waals surface area contributed by atoms with Crippen LogP contribution in [-0.4, -0.2) is 47.5 Å². The van der Waals surface area contributed by atoms with Gasteiger partial charge < -0.3 is 4.90 Å². The zero-order valence-corrected chi connectivity index (χ0v) is 19.3. The van der Waals surface area contributed by atoms with E-state index in [0.29, 0.717) is 17.1 Å². The van der Waals surface area contributed by atoms with Gasteiger partial charge in [-0.2, -0.15) is 0 Å². The van der Waals surface area contributed by atoms with Crippen LogP contribution in [0.1, 0.15) is 23.6 Å². The molecule has 0 bridgehead atoms. The van der Waals surface area contributed by atoms with Gasteiger partial charge in [-0.3, -0.25) is 9.80 Å². The first kappa shape index (κ1) is 22.7. The second-order valence-electron chi connectivity index (χ2n) is 8.27. The molecule has 1 saturated heterocycles. The molecule has 2 aromatic carbocycles. The van der Waals surface area contributed by atoms with Crippen molar-refractivity contribution in [3.63, 3.8) is 0 Å². The number of aromatic nitrogens is 1. The molecular weight excluding hydrogens is 423 g/mol. The molecule has 1 fully saturated rings. The maximum Gasteiger partial charge on any atom is 0.129 e. The number of piperazine rings is 1. The van der Waals surface area contributed by atoms with Crippen LogP contribution in [0, 0.1) is 5.82 Å². The zero-order chi connectivity index (χ0) is 22.3. The van der Waals surface area contributed by atoms with E-state index in [1.165, 1.54) is 17.2 Å². The molecule has 0 amide bonds. The number of hydrogen-bond donors (Lipinski definition) is 0. The Morgan fingerprint density at radius 1 is 0.906 bits per heavy atom. The molecule has 1 aromatic heterocycles. The van der Waals surface area contributed by atoms with Crippen LogP contribution in [0.4, 0.5) is 10.2 Å². The van der Waals surface area contributed by atoms with Gasteiger partial charge in [-0.15, -0.1) is 0 Å². The first-order valence-electron chi connectivity index (χ1n) is 11.2. The maximum atomic E-state index is 14.2. The lowest BCUT2D eigenvalue weighted by Crippen LogP contribution is -2.46. The number of rotatable bonds is 8. The Hall–Kier alpha value is -2.47. The molecule has 4 rings (SSSR count).